The SMILES string of the molecule is CC(C)CCOCCN(CC(F)(F)F)C1CCNCC1. The molecule has 0 aromatic heterocycles. The number of alkyl halides is 3. The van der Waals surface area contributed by atoms with E-state index in [1.165, 1.54) is 4.90 Å². The maximum atomic E-state index is 12.6. The summed E-state index contributed by atoms with van der Waals surface area (Å²) in [6.45, 7) is 6.35. The van der Waals surface area contributed by atoms with Crippen molar-refractivity contribution in [2.24, 2.45) is 5.92 Å². The van der Waals surface area contributed by atoms with E-state index in [1.54, 1.807) is 0 Å². The second kappa shape index (κ2) is 8.85. The second-order valence-corrected chi connectivity index (χ2v) is 5.86. The van der Waals surface area contributed by atoms with E-state index in [-0.39, 0.29) is 6.04 Å². The fraction of sp³-hybridized carbons (Fsp3) is 1.00. The molecule has 0 bridgehead atoms. The van der Waals surface area contributed by atoms with Gasteiger partial charge in [0.2, 0.25) is 0 Å². The first kappa shape index (κ1) is 17.7. The van der Waals surface area contributed by atoms with Crippen LogP contribution in [-0.2, 0) is 4.74 Å². The van der Waals surface area contributed by atoms with E-state index in [0.717, 1.165) is 32.4 Å². The number of hydrogen-bond donors (Lipinski definition) is 1. The van der Waals surface area contributed by atoms with Crippen molar-refractivity contribution in [2.45, 2.75) is 45.3 Å². The number of nitrogens with zero attached hydrogens (tertiary/aromatic N) is 1. The molecule has 1 rings (SSSR count). The summed E-state index contributed by atoms with van der Waals surface area (Å²) in [6.07, 6.45) is -1.63. The van der Waals surface area contributed by atoms with Gasteiger partial charge in [0.1, 0.15) is 0 Å². The standard InChI is InChI=1S/C14H27F3N2O/c1-12(2)5-9-20-10-8-19(11-14(15,16)17)13-3-6-18-7-4-13/h12-13,18H,3-11H2,1-2H3. The first-order valence-electron chi connectivity index (χ1n) is 7.48. The van der Waals surface area contributed by atoms with Crippen LogP contribution in [0.3, 0.4) is 0 Å². The Labute approximate surface area is 119 Å². The Morgan fingerprint density at radius 3 is 2.40 bits per heavy atom. The minimum Gasteiger partial charge on any atom is -0.380 e. The fourth-order valence-electron chi connectivity index (χ4n) is 2.40. The zero-order valence-electron chi connectivity index (χ0n) is 12.5. The van der Waals surface area contributed by atoms with Crippen molar-refractivity contribution in [3.05, 3.63) is 0 Å². The van der Waals surface area contributed by atoms with Gasteiger partial charge in [0.15, 0.2) is 0 Å². The molecule has 0 unspecified atom stereocenters. The van der Waals surface area contributed by atoms with Gasteiger partial charge in [-0.25, -0.2) is 0 Å². The molecule has 0 aromatic carbocycles. The lowest BCUT2D eigenvalue weighted by atomic mass is 10.0. The summed E-state index contributed by atoms with van der Waals surface area (Å²) >= 11 is 0. The molecule has 0 amide bonds. The highest BCUT2D eigenvalue weighted by Gasteiger charge is 2.34. The van der Waals surface area contributed by atoms with Crippen molar-refractivity contribution in [3.63, 3.8) is 0 Å². The van der Waals surface area contributed by atoms with Crippen LogP contribution in [0.25, 0.3) is 0 Å². The van der Waals surface area contributed by atoms with Crippen LogP contribution in [0, 0.1) is 5.92 Å². The highest BCUT2D eigenvalue weighted by Crippen LogP contribution is 2.21. The van der Waals surface area contributed by atoms with Crippen LogP contribution < -0.4 is 5.32 Å². The lowest BCUT2D eigenvalue weighted by molar-refractivity contribution is -0.153. The molecule has 0 atom stereocenters. The molecule has 0 spiro atoms. The van der Waals surface area contributed by atoms with Crippen molar-refractivity contribution >= 4 is 0 Å². The Morgan fingerprint density at radius 1 is 1.20 bits per heavy atom. The van der Waals surface area contributed by atoms with E-state index in [1.807, 2.05) is 0 Å². The highest BCUT2D eigenvalue weighted by molar-refractivity contribution is 4.79. The number of halogens is 3. The predicted molar refractivity (Wildman–Crippen MR) is 73.8 cm³/mol. The molecule has 0 aliphatic carbocycles. The third kappa shape index (κ3) is 8.07. The molecule has 1 fully saturated rings. The summed E-state index contributed by atoms with van der Waals surface area (Å²) in [6, 6.07) is 0.0200. The van der Waals surface area contributed by atoms with Gasteiger partial charge >= 0.3 is 6.18 Å². The Balaban J connectivity index is 2.33. The van der Waals surface area contributed by atoms with Crippen LogP contribution in [0.4, 0.5) is 13.2 Å². The van der Waals surface area contributed by atoms with Gasteiger partial charge in [-0.2, -0.15) is 13.2 Å². The number of ether oxygens (including phenoxy) is 1. The molecule has 0 saturated carbocycles. The average Bonchev–Trinajstić information content (AvgIpc) is 2.36. The van der Waals surface area contributed by atoms with Gasteiger partial charge in [-0.15, -0.1) is 0 Å². The van der Waals surface area contributed by atoms with Crippen LogP contribution in [0.2, 0.25) is 0 Å². The zero-order chi connectivity index (χ0) is 15.0. The molecular formula is C14H27F3N2O. The lowest BCUT2D eigenvalue weighted by Gasteiger charge is -2.35. The number of hydrogen-bond acceptors (Lipinski definition) is 3. The third-order valence-electron chi connectivity index (χ3n) is 3.57. The fourth-order valence-corrected chi connectivity index (χ4v) is 2.40. The molecule has 6 heteroatoms. The molecule has 120 valence electrons. The summed E-state index contributed by atoms with van der Waals surface area (Å²) in [5, 5.41) is 3.18. The highest BCUT2D eigenvalue weighted by atomic mass is 19.4. The monoisotopic (exact) mass is 296 g/mol. The minimum atomic E-state index is -4.14. The van der Waals surface area contributed by atoms with Gasteiger partial charge in [-0.3, -0.25) is 4.90 Å². The van der Waals surface area contributed by atoms with Crippen molar-refractivity contribution in [1.29, 1.82) is 0 Å². The van der Waals surface area contributed by atoms with Crippen LogP contribution >= 0.6 is 0 Å². The molecule has 1 heterocycles. The Bertz CT molecular complexity index is 253. The van der Waals surface area contributed by atoms with E-state index >= 15 is 0 Å². The van der Waals surface area contributed by atoms with Crippen LogP contribution in [0.5, 0.6) is 0 Å². The number of piperidine rings is 1. The number of rotatable bonds is 8. The van der Waals surface area contributed by atoms with Gasteiger partial charge in [0.25, 0.3) is 0 Å². The zero-order valence-corrected chi connectivity index (χ0v) is 12.5. The molecule has 3 nitrogen and oxygen atoms in total. The molecule has 0 aromatic rings. The van der Waals surface area contributed by atoms with Crippen molar-refractivity contribution in [1.82, 2.24) is 10.2 Å². The smallest absolute Gasteiger partial charge is 0.380 e. The third-order valence-corrected chi connectivity index (χ3v) is 3.57. The molecular weight excluding hydrogens is 269 g/mol. The lowest BCUT2D eigenvalue weighted by Crippen LogP contribution is -2.48. The summed E-state index contributed by atoms with van der Waals surface area (Å²) in [7, 11) is 0. The average molecular weight is 296 g/mol. The van der Waals surface area contributed by atoms with E-state index in [2.05, 4.69) is 19.2 Å². The minimum absolute atomic E-state index is 0.0200. The molecule has 1 saturated heterocycles. The normalized spacial score (nSPS) is 18.1. The number of nitrogens with one attached hydrogen (secondary N) is 1. The van der Waals surface area contributed by atoms with Crippen LogP contribution in [0.1, 0.15) is 33.1 Å². The molecule has 20 heavy (non-hydrogen) atoms. The van der Waals surface area contributed by atoms with Gasteiger partial charge in [0.05, 0.1) is 13.2 Å². The first-order valence-corrected chi connectivity index (χ1v) is 7.48. The van der Waals surface area contributed by atoms with Gasteiger partial charge < -0.3 is 10.1 Å². The van der Waals surface area contributed by atoms with Crippen LogP contribution in [-0.4, -0.2) is 56.5 Å². The summed E-state index contributed by atoms with van der Waals surface area (Å²) < 4.78 is 43.4. The topological polar surface area (TPSA) is 24.5 Å². The van der Waals surface area contributed by atoms with Gasteiger partial charge in [-0.05, 0) is 38.3 Å². The van der Waals surface area contributed by atoms with E-state index in [4.69, 9.17) is 4.74 Å². The van der Waals surface area contributed by atoms with E-state index in [9.17, 15) is 13.2 Å². The summed E-state index contributed by atoms with van der Waals surface area (Å²) in [5.74, 6) is 0.561. The Hall–Kier alpha value is -0.330. The van der Waals surface area contributed by atoms with Gasteiger partial charge in [0, 0.05) is 19.2 Å². The summed E-state index contributed by atoms with van der Waals surface area (Å²) in [5.41, 5.74) is 0. The molecule has 0 radical (unpaired) electrons. The summed E-state index contributed by atoms with van der Waals surface area (Å²) in [4.78, 5) is 1.54. The van der Waals surface area contributed by atoms with Crippen LogP contribution in [0.15, 0.2) is 0 Å². The quantitative estimate of drug-likeness (QED) is 0.697. The van der Waals surface area contributed by atoms with Crippen molar-refractivity contribution < 1.29 is 17.9 Å². The molecule has 1 aliphatic rings. The Kier molecular flexibility index (Phi) is 7.84. The second-order valence-electron chi connectivity index (χ2n) is 5.86. The molecule has 1 aliphatic heterocycles. The largest absolute Gasteiger partial charge is 0.401 e. The maximum Gasteiger partial charge on any atom is 0.401 e. The van der Waals surface area contributed by atoms with Crippen molar-refractivity contribution in [3.8, 4) is 0 Å². The van der Waals surface area contributed by atoms with E-state index < -0.39 is 12.7 Å². The van der Waals surface area contributed by atoms with Gasteiger partial charge in [-0.1, -0.05) is 13.8 Å². The first-order chi connectivity index (χ1) is 9.38. The maximum absolute atomic E-state index is 12.6. The molecule has 1 N–H and O–H groups in total. The predicted octanol–water partition coefficient (Wildman–Crippen LogP) is 2.67. The van der Waals surface area contributed by atoms with Crippen molar-refractivity contribution in [2.75, 3.05) is 39.4 Å². The van der Waals surface area contributed by atoms with E-state index in [0.29, 0.717) is 25.7 Å². The Morgan fingerprint density at radius 2 is 1.85 bits per heavy atom.